The van der Waals surface area contributed by atoms with Crippen molar-refractivity contribution in [2.45, 2.75) is 51.0 Å². The lowest BCUT2D eigenvalue weighted by Crippen LogP contribution is -2.47. The summed E-state index contributed by atoms with van der Waals surface area (Å²) in [5, 5.41) is 8.69. The van der Waals surface area contributed by atoms with Gasteiger partial charge >= 0.3 is 0 Å². The Morgan fingerprint density at radius 3 is 2.53 bits per heavy atom. The van der Waals surface area contributed by atoms with Crippen molar-refractivity contribution >= 4 is 5.91 Å². The monoisotopic (exact) mass is 407 g/mol. The van der Waals surface area contributed by atoms with Crippen molar-refractivity contribution in [3.63, 3.8) is 0 Å². The van der Waals surface area contributed by atoms with Gasteiger partial charge in [0.05, 0.1) is 0 Å². The fourth-order valence-electron chi connectivity index (χ4n) is 6.11. The number of carbonyl (C=O) groups is 1. The number of aryl methyl sites for hydroxylation is 1. The molecular formula is C24H33N5O. The number of amides is 1. The van der Waals surface area contributed by atoms with Crippen molar-refractivity contribution in [3.8, 4) is 0 Å². The number of carbonyl (C=O) groups excluding carboxylic acids is 1. The zero-order valence-electron chi connectivity index (χ0n) is 18.0. The van der Waals surface area contributed by atoms with E-state index in [0.717, 1.165) is 64.2 Å². The Morgan fingerprint density at radius 1 is 1.13 bits per heavy atom. The first kappa shape index (κ1) is 19.7. The normalized spacial score (nSPS) is 24.7. The molecule has 1 saturated carbocycles. The Hall–Kier alpha value is -2.21. The molecule has 2 aromatic rings. The van der Waals surface area contributed by atoms with Gasteiger partial charge in [0.25, 0.3) is 0 Å². The Bertz CT molecular complexity index is 865. The van der Waals surface area contributed by atoms with E-state index in [0.29, 0.717) is 11.8 Å². The molecule has 2 aliphatic heterocycles. The average Bonchev–Trinajstić information content (AvgIpc) is 3.50. The van der Waals surface area contributed by atoms with Crippen LogP contribution in [0.25, 0.3) is 0 Å². The van der Waals surface area contributed by atoms with Crippen molar-refractivity contribution in [2.24, 2.45) is 18.4 Å². The summed E-state index contributed by atoms with van der Waals surface area (Å²) < 4.78 is 2.09. The van der Waals surface area contributed by atoms with E-state index in [1.165, 1.54) is 18.4 Å². The highest BCUT2D eigenvalue weighted by molar-refractivity contribution is 5.79. The molecule has 1 aromatic heterocycles. The molecule has 6 heteroatoms. The highest BCUT2D eigenvalue weighted by Crippen LogP contribution is 2.49. The minimum absolute atomic E-state index is 0.183. The molecule has 3 fully saturated rings. The number of rotatable bonds is 4. The van der Waals surface area contributed by atoms with Crippen LogP contribution in [-0.4, -0.2) is 56.7 Å². The van der Waals surface area contributed by atoms with Gasteiger partial charge in [-0.05, 0) is 36.7 Å². The molecule has 0 radical (unpaired) electrons. The lowest BCUT2D eigenvalue weighted by atomic mass is 9.70. The molecule has 30 heavy (non-hydrogen) atoms. The van der Waals surface area contributed by atoms with E-state index in [1.54, 1.807) is 0 Å². The van der Waals surface area contributed by atoms with Crippen LogP contribution >= 0.6 is 0 Å². The third kappa shape index (κ3) is 3.66. The van der Waals surface area contributed by atoms with Crippen LogP contribution in [0, 0.1) is 11.3 Å². The quantitative estimate of drug-likeness (QED) is 0.781. The van der Waals surface area contributed by atoms with Gasteiger partial charge in [0.2, 0.25) is 5.91 Å². The van der Waals surface area contributed by atoms with Crippen LogP contribution in [-0.2, 0) is 18.4 Å². The molecule has 1 amide bonds. The van der Waals surface area contributed by atoms with Crippen LogP contribution in [0.3, 0.4) is 0 Å². The fourth-order valence-corrected chi connectivity index (χ4v) is 6.11. The first-order chi connectivity index (χ1) is 14.6. The number of hydrogen-bond acceptors (Lipinski definition) is 4. The fraction of sp³-hybridized carbons (Fsp3) is 0.625. The van der Waals surface area contributed by atoms with Crippen molar-refractivity contribution in [2.75, 3.05) is 26.2 Å². The summed E-state index contributed by atoms with van der Waals surface area (Å²) in [4.78, 5) is 17.7. The lowest BCUT2D eigenvalue weighted by molar-refractivity contribution is -0.137. The minimum Gasteiger partial charge on any atom is -0.342 e. The summed E-state index contributed by atoms with van der Waals surface area (Å²) in [7, 11) is 2.06. The molecule has 160 valence electrons. The third-order valence-corrected chi connectivity index (χ3v) is 7.80. The third-order valence-electron chi connectivity index (χ3n) is 7.80. The topological polar surface area (TPSA) is 54.3 Å². The predicted octanol–water partition coefficient (Wildman–Crippen LogP) is 3.21. The lowest BCUT2D eigenvalue weighted by Gasteiger charge is -2.43. The predicted molar refractivity (Wildman–Crippen MR) is 116 cm³/mol. The summed E-state index contributed by atoms with van der Waals surface area (Å²) in [5.41, 5.74) is 1.54. The van der Waals surface area contributed by atoms with Crippen molar-refractivity contribution in [3.05, 3.63) is 48.0 Å². The highest BCUT2D eigenvalue weighted by Gasteiger charge is 2.50. The molecule has 1 aromatic carbocycles. The zero-order chi connectivity index (χ0) is 20.6. The highest BCUT2D eigenvalue weighted by atomic mass is 16.2. The molecule has 3 aliphatic rings. The van der Waals surface area contributed by atoms with Gasteiger partial charge in [0.15, 0.2) is 0 Å². The first-order valence-corrected chi connectivity index (χ1v) is 11.5. The number of piperidine rings is 1. The summed E-state index contributed by atoms with van der Waals surface area (Å²) in [6.45, 7) is 4.84. The Kier molecular flexibility index (Phi) is 5.35. The standard InChI is InChI=1S/C24H33N5O/c1-27-18-25-26-22(27)21-16-28(15-19-7-3-2-4-8-19)17-24(21)11-13-29(14-12-24)23(30)20-9-5-6-10-20/h2-4,7-8,18,20-21H,5-6,9-17H2,1H3. The maximum absolute atomic E-state index is 13.0. The maximum atomic E-state index is 13.0. The number of benzene rings is 1. The summed E-state index contributed by atoms with van der Waals surface area (Å²) in [5.74, 6) is 2.17. The van der Waals surface area contributed by atoms with Crippen LogP contribution < -0.4 is 0 Å². The largest absolute Gasteiger partial charge is 0.342 e. The van der Waals surface area contributed by atoms with E-state index < -0.39 is 0 Å². The van der Waals surface area contributed by atoms with Gasteiger partial charge in [-0.25, -0.2) is 0 Å². The maximum Gasteiger partial charge on any atom is 0.225 e. The van der Waals surface area contributed by atoms with E-state index in [9.17, 15) is 4.79 Å². The average molecular weight is 408 g/mol. The van der Waals surface area contributed by atoms with Crippen LogP contribution in [0.4, 0.5) is 0 Å². The van der Waals surface area contributed by atoms with E-state index in [-0.39, 0.29) is 11.3 Å². The van der Waals surface area contributed by atoms with Crippen LogP contribution in [0.2, 0.25) is 0 Å². The molecule has 3 heterocycles. The van der Waals surface area contributed by atoms with Crippen molar-refractivity contribution in [1.82, 2.24) is 24.6 Å². The van der Waals surface area contributed by atoms with Crippen LogP contribution in [0.5, 0.6) is 0 Å². The minimum atomic E-state index is 0.183. The van der Waals surface area contributed by atoms with Crippen molar-refractivity contribution < 1.29 is 4.79 Å². The van der Waals surface area contributed by atoms with E-state index in [1.807, 2.05) is 6.33 Å². The Balaban J connectivity index is 1.33. The van der Waals surface area contributed by atoms with Crippen molar-refractivity contribution in [1.29, 1.82) is 0 Å². The molecule has 5 rings (SSSR count). The van der Waals surface area contributed by atoms with E-state index in [2.05, 4.69) is 61.9 Å². The number of hydrogen-bond donors (Lipinski definition) is 0. The second kappa shape index (κ2) is 8.14. The van der Waals surface area contributed by atoms with Gasteiger partial charge in [-0.2, -0.15) is 0 Å². The molecule has 2 saturated heterocycles. The summed E-state index contributed by atoms with van der Waals surface area (Å²) in [6, 6.07) is 10.7. The molecule has 6 nitrogen and oxygen atoms in total. The molecule has 0 N–H and O–H groups in total. The SMILES string of the molecule is Cn1cnnc1C1CN(Cc2ccccc2)CC12CCN(C(=O)C1CCCC1)CC2. The Labute approximate surface area is 179 Å². The van der Waals surface area contributed by atoms with Gasteiger partial charge < -0.3 is 9.47 Å². The molecular weight excluding hydrogens is 374 g/mol. The van der Waals surface area contributed by atoms with Gasteiger partial charge in [0, 0.05) is 51.6 Å². The molecule has 0 bridgehead atoms. The first-order valence-electron chi connectivity index (χ1n) is 11.5. The van der Waals surface area contributed by atoms with Crippen LogP contribution in [0.15, 0.2) is 36.7 Å². The molecule has 1 atom stereocenters. The van der Waals surface area contributed by atoms with Gasteiger partial charge in [-0.3, -0.25) is 9.69 Å². The molecule has 1 spiro atoms. The van der Waals surface area contributed by atoms with E-state index in [4.69, 9.17) is 0 Å². The Morgan fingerprint density at radius 2 is 1.87 bits per heavy atom. The molecule has 1 aliphatic carbocycles. The summed E-state index contributed by atoms with van der Waals surface area (Å²) >= 11 is 0. The second-order valence-electron chi connectivity index (χ2n) is 9.68. The number of nitrogens with zero attached hydrogens (tertiary/aromatic N) is 5. The van der Waals surface area contributed by atoms with E-state index >= 15 is 0 Å². The van der Waals surface area contributed by atoms with Gasteiger partial charge in [0.1, 0.15) is 12.2 Å². The summed E-state index contributed by atoms with van der Waals surface area (Å²) in [6.07, 6.45) is 8.57. The second-order valence-corrected chi connectivity index (χ2v) is 9.68. The van der Waals surface area contributed by atoms with Gasteiger partial charge in [-0.15, -0.1) is 10.2 Å². The van der Waals surface area contributed by atoms with Crippen LogP contribution in [0.1, 0.15) is 55.8 Å². The zero-order valence-corrected chi connectivity index (χ0v) is 18.0. The number of likely N-dealkylation sites (tertiary alicyclic amines) is 2. The van der Waals surface area contributed by atoms with Gasteiger partial charge in [-0.1, -0.05) is 43.2 Å². The number of aromatic nitrogens is 3. The molecule has 1 unspecified atom stereocenters. The smallest absolute Gasteiger partial charge is 0.225 e.